The molecule has 4 aromatic rings. The van der Waals surface area contributed by atoms with Gasteiger partial charge in [0.1, 0.15) is 16.5 Å². The first-order valence-corrected chi connectivity index (χ1v) is 14.5. The van der Waals surface area contributed by atoms with Gasteiger partial charge in [-0.3, -0.25) is 4.79 Å². The third-order valence-corrected chi connectivity index (χ3v) is 8.95. The van der Waals surface area contributed by atoms with Gasteiger partial charge in [-0.2, -0.15) is 0 Å². The van der Waals surface area contributed by atoms with Crippen molar-refractivity contribution < 1.29 is 19.1 Å². The minimum Gasteiger partial charge on any atom is -0.478 e. The van der Waals surface area contributed by atoms with Crippen LogP contribution >= 0.6 is 34.5 Å². The number of nitrogens with one attached hydrogen (secondary N) is 1. The van der Waals surface area contributed by atoms with Gasteiger partial charge in [0, 0.05) is 21.2 Å². The molecule has 2 aromatic carbocycles. The van der Waals surface area contributed by atoms with Crippen LogP contribution in [0.15, 0.2) is 64.0 Å². The average molecular weight is 596 g/mol. The lowest BCUT2D eigenvalue weighted by Gasteiger charge is -2.33. The lowest BCUT2D eigenvalue weighted by Crippen LogP contribution is -2.27. The molecular weight excluding hydrogens is 567 g/mol. The number of nitrogens with zero attached hydrogens (tertiary/aromatic N) is 1. The minimum atomic E-state index is -1.09. The molecule has 1 atom stereocenters. The Morgan fingerprint density at radius 1 is 1.10 bits per heavy atom. The van der Waals surface area contributed by atoms with Gasteiger partial charge < -0.3 is 14.8 Å². The number of thiophene rings is 1. The number of halogens is 2. The van der Waals surface area contributed by atoms with Crippen LogP contribution in [0.1, 0.15) is 64.1 Å². The molecular formula is C31H28Cl2N2O4S. The second kappa shape index (κ2) is 11.2. The van der Waals surface area contributed by atoms with E-state index in [1.54, 1.807) is 66.1 Å². The number of furan rings is 1. The Balaban J connectivity index is 1.45. The summed E-state index contributed by atoms with van der Waals surface area (Å²) < 4.78 is 5.95. The van der Waals surface area contributed by atoms with Crippen LogP contribution in [0.2, 0.25) is 10.0 Å². The summed E-state index contributed by atoms with van der Waals surface area (Å²) in [4.78, 5) is 30.7. The lowest BCUT2D eigenvalue weighted by molar-refractivity contribution is 0.0697. The Kier molecular flexibility index (Phi) is 7.91. The van der Waals surface area contributed by atoms with Gasteiger partial charge in [0.15, 0.2) is 0 Å². The number of anilines is 1. The summed E-state index contributed by atoms with van der Waals surface area (Å²) in [7, 11) is 0. The fourth-order valence-corrected chi connectivity index (χ4v) is 6.56. The van der Waals surface area contributed by atoms with Crippen molar-refractivity contribution in [1.29, 1.82) is 0 Å². The maximum absolute atomic E-state index is 13.6. The fraction of sp³-hybridized carbons (Fsp3) is 0.258. The molecule has 0 spiro atoms. The molecule has 40 heavy (non-hydrogen) atoms. The summed E-state index contributed by atoms with van der Waals surface area (Å²) >= 11 is 13.7. The molecule has 1 aliphatic rings. The van der Waals surface area contributed by atoms with Crippen LogP contribution < -0.4 is 5.32 Å². The molecule has 0 saturated heterocycles. The molecule has 6 nitrogen and oxygen atoms in total. The van der Waals surface area contributed by atoms with Crippen molar-refractivity contribution in [3.8, 4) is 11.3 Å². The van der Waals surface area contributed by atoms with Crippen molar-refractivity contribution in [2.24, 2.45) is 16.3 Å². The normalized spacial score (nSPS) is 15.3. The van der Waals surface area contributed by atoms with E-state index in [-0.39, 0.29) is 21.9 Å². The van der Waals surface area contributed by atoms with Gasteiger partial charge in [0.25, 0.3) is 5.91 Å². The number of rotatable bonds is 6. The van der Waals surface area contributed by atoms with Crippen LogP contribution in [-0.2, 0) is 12.8 Å². The van der Waals surface area contributed by atoms with Gasteiger partial charge in [-0.25, -0.2) is 9.79 Å². The highest BCUT2D eigenvalue weighted by Crippen LogP contribution is 2.45. The molecule has 0 aliphatic heterocycles. The van der Waals surface area contributed by atoms with E-state index in [1.807, 2.05) is 0 Å². The highest BCUT2D eigenvalue weighted by atomic mass is 35.5. The Bertz CT molecular complexity index is 1610. The van der Waals surface area contributed by atoms with E-state index >= 15 is 0 Å². The SMILES string of the molecule is CC(C)(C)[C@H]1CCc2c(sc(N=Cc3ccc(-c4ccc(C(=O)O)c(Cl)c4)o3)c2C(=O)Nc2ccc(Cl)cc2)C1. The number of carbonyl (C=O) groups excluding carboxylic acids is 1. The molecule has 0 bridgehead atoms. The van der Waals surface area contributed by atoms with Crippen molar-refractivity contribution >= 4 is 63.3 Å². The van der Waals surface area contributed by atoms with E-state index in [0.29, 0.717) is 44.3 Å². The molecule has 2 heterocycles. The summed E-state index contributed by atoms with van der Waals surface area (Å²) in [6, 6.07) is 15.2. The van der Waals surface area contributed by atoms with E-state index in [1.165, 1.54) is 10.9 Å². The molecule has 206 valence electrons. The summed E-state index contributed by atoms with van der Waals surface area (Å²) in [5.41, 5.74) is 3.18. The predicted molar refractivity (Wildman–Crippen MR) is 162 cm³/mol. The van der Waals surface area contributed by atoms with Gasteiger partial charge in [-0.1, -0.05) is 50.0 Å². The lowest BCUT2D eigenvalue weighted by atomic mass is 9.72. The van der Waals surface area contributed by atoms with E-state index < -0.39 is 5.97 Å². The summed E-state index contributed by atoms with van der Waals surface area (Å²) in [6.07, 6.45) is 4.36. The van der Waals surface area contributed by atoms with E-state index in [0.717, 1.165) is 24.8 Å². The molecule has 2 N–H and O–H groups in total. The minimum absolute atomic E-state index is 0.0264. The first-order chi connectivity index (χ1) is 19.0. The van der Waals surface area contributed by atoms with Crippen LogP contribution in [0, 0.1) is 11.3 Å². The highest BCUT2D eigenvalue weighted by molar-refractivity contribution is 7.16. The summed E-state index contributed by atoms with van der Waals surface area (Å²) in [5.74, 6) is 0.257. The third-order valence-electron chi connectivity index (χ3n) is 7.22. The van der Waals surface area contributed by atoms with E-state index in [2.05, 4.69) is 26.1 Å². The van der Waals surface area contributed by atoms with Gasteiger partial charge in [-0.05, 0) is 84.7 Å². The van der Waals surface area contributed by atoms with Crippen molar-refractivity contribution in [2.75, 3.05) is 5.32 Å². The van der Waals surface area contributed by atoms with Crippen LogP contribution in [0.25, 0.3) is 11.3 Å². The number of carboxylic acids is 1. The molecule has 0 saturated carbocycles. The van der Waals surface area contributed by atoms with Crippen LogP contribution in [0.4, 0.5) is 10.7 Å². The number of hydrogen-bond acceptors (Lipinski definition) is 5. The third kappa shape index (κ3) is 6.02. The Hall–Kier alpha value is -3.39. The molecule has 2 aromatic heterocycles. The van der Waals surface area contributed by atoms with Crippen LogP contribution in [-0.4, -0.2) is 23.2 Å². The zero-order valence-corrected chi connectivity index (χ0v) is 24.6. The van der Waals surface area contributed by atoms with E-state index in [4.69, 9.17) is 32.6 Å². The number of amides is 1. The van der Waals surface area contributed by atoms with Crippen LogP contribution in [0.5, 0.6) is 0 Å². The second-order valence-corrected chi connectivity index (χ2v) is 12.8. The second-order valence-electron chi connectivity index (χ2n) is 10.9. The maximum atomic E-state index is 13.6. The zero-order chi connectivity index (χ0) is 28.6. The highest BCUT2D eigenvalue weighted by Gasteiger charge is 2.33. The van der Waals surface area contributed by atoms with Crippen molar-refractivity contribution in [2.45, 2.75) is 40.0 Å². The number of carbonyl (C=O) groups is 2. The molecule has 0 unspecified atom stereocenters. The molecule has 1 aliphatic carbocycles. The van der Waals surface area contributed by atoms with Crippen molar-refractivity contribution in [1.82, 2.24) is 0 Å². The number of fused-ring (bicyclic) bond motifs is 1. The van der Waals surface area contributed by atoms with Gasteiger partial charge in [0.2, 0.25) is 0 Å². The topological polar surface area (TPSA) is 91.9 Å². The standard InChI is InChI=1S/C31H28Cl2N2O4S/c1-31(2,3)18-5-12-23-26(15-18)40-29(27(23)28(36)35-20-8-6-19(32)7-9-20)34-16-21-10-13-25(39-21)17-4-11-22(30(37)38)24(33)14-17/h4,6-11,13-14,16,18H,5,12,15H2,1-3H3,(H,35,36)(H,37,38)/t18-/m0/s1. The summed E-state index contributed by atoms with van der Waals surface area (Å²) in [5, 5.41) is 13.6. The number of hydrogen-bond donors (Lipinski definition) is 2. The van der Waals surface area contributed by atoms with Gasteiger partial charge in [-0.15, -0.1) is 11.3 Å². The van der Waals surface area contributed by atoms with Crippen molar-refractivity contribution in [3.63, 3.8) is 0 Å². The number of aromatic carboxylic acids is 1. The molecule has 0 radical (unpaired) electrons. The quantitative estimate of drug-likeness (QED) is 0.218. The molecule has 1 amide bonds. The number of carboxylic acid groups (broad SMARTS) is 1. The molecule has 5 rings (SSSR count). The van der Waals surface area contributed by atoms with Gasteiger partial charge in [0.05, 0.1) is 22.4 Å². The first kappa shape index (κ1) is 28.1. The molecule has 0 fully saturated rings. The van der Waals surface area contributed by atoms with E-state index in [9.17, 15) is 14.7 Å². The smallest absolute Gasteiger partial charge is 0.337 e. The Labute approximate surface area is 246 Å². The zero-order valence-electron chi connectivity index (χ0n) is 22.3. The Morgan fingerprint density at radius 2 is 1.85 bits per heavy atom. The summed E-state index contributed by atoms with van der Waals surface area (Å²) in [6.45, 7) is 6.79. The fourth-order valence-electron chi connectivity index (χ4n) is 4.90. The average Bonchev–Trinajstić information content (AvgIpc) is 3.52. The number of aliphatic imine (C=N–C) groups is 1. The van der Waals surface area contributed by atoms with Crippen molar-refractivity contribution in [3.05, 3.63) is 92.0 Å². The maximum Gasteiger partial charge on any atom is 0.337 e. The van der Waals surface area contributed by atoms with Gasteiger partial charge >= 0.3 is 5.97 Å². The largest absolute Gasteiger partial charge is 0.478 e. The van der Waals surface area contributed by atoms with Crippen LogP contribution in [0.3, 0.4) is 0 Å². The first-order valence-electron chi connectivity index (χ1n) is 12.9. The number of benzene rings is 2. The predicted octanol–water partition coefficient (Wildman–Crippen LogP) is 9.17. The monoisotopic (exact) mass is 594 g/mol. The Morgan fingerprint density at radius 3 is 2.52 bits per heavy atom. The molecule has 9 heteroatoms.